The molecule has 0 fully saturated rings. The largest absolute Gasteiger partial charge is 0.507 e. The quantitative estimate of drug-likeness (QED) is 0.0514. The third kappa shape index (κ3) is 10.3. The van der Waals surface area contributed by atoms with E-state index >= 15 is 0 Å². The van der Waals surface area contributed by atoms with Crippen molar-refractivity contribution in [2.24, 2.45) is 5.92 Å². The Hall–Kier alpha value is -7.79. The molecular weight excluding hydrogens is 849 g/mol. The lowest BCUT2D eigenvalue weighted by Crippen LogP contribution is -2.43. The van der Waals surface area contributed by atoms with Crippen molar-refractivity contribution in [1.29, 1.82) is 5.26 Å². The number of pyridine rings is 1. The number of phenols is 2. The number of aromatic nitrogens is 1. The number of methoxy groups -OCH3 is 1. The van der Waals surface area contributed by atoms with Crippen LogP contribution in [-0.4, -0.2) is 102 Å². The minimum absolute atomic E-state index is 0.0116. The lowest BCUT2D eigenvalue weighted by Gasteiger charge is -2.29. The van der Waals surface area contributed by atoms with Gasteiger partial charge in [-0.15, -0.1) is 11.8 Å². The van der Waals surface area contributed by atoms with Crippen LogP contribution >= 0.6 is 11.8 Å². The number of nitrogens with one attached hydrogen (secondary N) is 6. The normalized spacial score (nSPS) is 13.5. The highest BCUT2D eigenvalue weighted by Gasteiger charge is 2.41. The highest BCUT2D eigenvalue weighted by atomic mass is 32.2. The number of anilines is 1. The zero-order valence-corrected chi connectivity index (χ0v) is 35.3. The Kier molecular flexibility index (Phi) is 14.6. The van der Waals surface area contributed by atoms with Gasteiger partial charge in [-0.2, -0.15) is 5.26 Å². The fraction of sp³-hybridized carbons (Fsp3) is 0.273. The van der Waals surface area contributed by atoms with E-state index in [9.17, 15) is 48.6 Å². The molecule has 3 aromatic carbocycles. The van der Waals surface area contributed by atoms with Crippen molar-refractivity contribution in [2.75, 3.05) is 44.9 Å². The second-order valence-electron chi connectivity index (χ2n) is 14.5. The zero-order chi connectivity index (χ0) is 46.1. The summed E-state index contributed by atoms with van der Waals surface area (Å²) < 4.78 is 5.29. The van der Waals surface area contributed by atoms with Gasteiger partial charge in [0.05, 0.1) is 49.0 Å². The predicted octanol–water partition coefficient (Wildman–Crippen LogP) is 1.40. The zero-order valence-electron chi connectivity index (χ0n) is 34.5. The maximum Gasteiger partial charge on any atom is 0.269 e. The number of ether oxygens (including phenoxy) is 1. The maximum atomic E-state index is 13.5. The molecule has 2 aliphatic carbocycles. The number of thioether (sulfide) groups is 1. The van der Waals surface area contributed by atoms with Crippen LogP contribution in [0.4, 0.5) is 5.69 Å². The van der Waals surface area contributed by atoms with Gasteiger partial charge in [-0.05, 0) is 61.4 Å². The Morgan fingerprint density at radius 1 is 0.797 bits per heavy atom. The van der Waals surface area contributed by atoms with Gasteiger partial charge in [0.15, 0.2) is 5.78 Å². The standard InChI is InChI=1S/C44H42N8O11S/c1-63-30-5-3-4-27-35(30)41(60)37-36(39(27)58)40(59)28-16-23(8-12-26(28)38(37)57)42(61)50-18-22-6-10-25(11-7-22)51-34(56)21-49-33(55)20-48-32(54)19-47-31(53)14-15-46-43(62)29-13-9-24(17-45)44(52-29)64-2/h3-7,9-11,13,23,57,59H,8,12,14-16,18-21H2,1-2H3,(H,46,62)(H,47,53)(H,48,54)(H,49,55)(H,50,61)(H,51,56). The Morgan fingerprint density at radius 3 is 2.12 bits per heavy atom. The number of rotatable bonds is 16. The van der Waals surface area contributed by atoms with Gasteiger partial charge in [-0.3, -0.25) is 38.4 Å². The number of carbonyl (C=O) groups excluding carboxylic acids is 8. The topological polar surface area (TPSA) is 295 Å². The number of carbonyl (C=O) groups is 8. The molecule has 8 N–H and O–H groups in total. The fourth-order valence-corrected chi connectivity index (χ4v) is 7.74. The van der Waals surface area contributed by atoms with Crippen molar-refractivity contribution in [1.82, 2.24) is 31.6 Å². The van der Waals surface area contributed by atoms with Crippen LogP contribution in [0.5, 0.6) is 17.2 Å². The van der Waals surface area contributed by atoms with E-state index in [0.717, 1.165) is 0 Å². The summed E-state index contributed by atoms with van der Waals surface area (Å²) in [6.45, 7) is -1.20. The monoisotopic (exact) mass is 890 g/mol. The molecule has 1 atom stereocenters. The van der Waals surface area contributed by atoms with Gasteiger partial charge in [0, 0.05) is 47.8 Å². The Labute approximate surface area is 369 Å². The summed E-state index contributed by atoms with van der Waals surface area (Å²) in [5, 5.41) is 47.1. The molecular formula is C44H42N8O11S. The molecule has 330 valence electrons. The molecule has 4 aromatic rings. The molecule has 19 nitrogen and oxygen atoms in total. The lowest BCUT2D eigenvalue weighted by molar-refractivity contribution is -0.128. The smallest absolute Gasteiger partial charge is 0.269 e. The Morgan fingerprint density at radius 2 is 1.45 bits per heavy atom. The number of phenolic OH excluding ortho intramolecular Hbond substituents is 2. The van der Waals surface area contributed by atoms with Crippen LogP contribution in [0.3, 0.4) is 0 Å². The Balaban J connectivity index is 0.882. The summed E-state index contributed by atoms with van der Waals surface area (Å²) in [6, 6.07) is 16.0. The molecule has 0 bridgehead atoms. The van der Waals surface area contributed by atoms with E-state index in [-0.39, 0.29) is 83.3 Å². The SMILES string of the molecule is COc1cccc2c1C(=O)c1c(O)c3c(c(O)c1C2=O)CC(C(=O)NCc1ccc(NC(=O)CNC(=O)CNC(=O)CNC(=O)CCNC(=O)c2ccc(C#N)c(SC)n2)cc1)CC3. The van der Waals surface area contributed by atoms with Crippen LogP contribution < -0.4 is 36.6 Å². The first kappa shape index (κ1) is 45.7. The number of nitrogens with zero attached hydrogens (tertiary/aromatic N) is 2. The van der Waals surface area contributed by atoms with Crippen molar-refractivity contribution in [2.45, 2.75) is 37.3 Å². The molecule has 0 saturated carbocycles. The minimum Gasteiger partial charge on any atom is -0.507 e. The van der Waals surface area contributed by atoms with Crippen molar-refractivity contribution < 1.29 is 53.3 Å². The highest BCUT2D eigenvalue weighted by molar-refractivity contribution is 7.98. The molecule has 0 radical (unpaired) electrons. The number of fused-ring (bicyclic) bond motifs is 3. The Bertz CT molecular complexity index is 2630. The van der Waals surface area contributed by atoms with Gasteiger partial charge in [-0.25, -0.2) is 4.98 Å². The average Bonchev–Trinajstić information content (AvgIpc) is 3.31. The van der Waals surface area contributed by atoms with E-state index < -0.39 is 72.4 Å². The summed E-state index contributed by atoms with van der Waals surface area (Å²) >= 11 is 1.22. The van der Waals surface area contributed by atoms with Crippen LogP contribution in [0.25, 0.3) is 0 Å². The summed E-state index contributed by atoms with van der Waals surface area (Å²) in [7, 11) is 1.36. The summed E-state index contributed by atoms with van der Waals surface area (Å²) in [4.78, 5) is 106. The van der Waals surface area contributed by atoms with Gasteiger partial charge < -0.3 is 46.9 Å². The van der Waals surface area contributed by atoms with Gasteiger partial charge in [0.1, 0.15) is 34.0 Å². The molecule has 0 aliphatic heterocycles. The molecule has 6 amide bonds. The van der Waals surface area contributed by atoms with Gasteiger partial charge in [0.25, 0.3) is 5.91 Å². The first-order chi connectivity index (χ1) is 30.7. The van der Waals surface area contributed by atoms with E-state index in [2.05, 4.69) is 36.9 Å². The van der Waals surface area contributed by atoms with Crippen molar-refractivity contribution in [3.63, 3.8) is 0 Å². The van der Waals surface area contributed by atoms with Crippen LogP contribution in [0.1, 0.15) is 77.4 Å². The van der Waals surface area contributed by atoms with E-state index in [4.69, 9.17) is 10.00 Å². The molecule has 0 spiro atoms. The average molecular weight is 891 g/mol. The van der Waals surface area contributed by atoms with Crippen LogP contribution in [-0.2, 0) is 43.4 Å². The molecule has 6 rings (SSSR count). The number of aromatic hydroxyl groups is 2. The number of hydrogen-bond acceptors (Lipinski definition) is 14. The lowest BCUT2D eigenvalue weighted by atomic mass is 9.75. The van der Waals surface area contributed by atoms with E-state index in [1.165, 1.54) is 43.1 Å². The minimum atomic E-state index is -0.661. The molecule has 64 heavy (non-hydrogen) atoms. The number of benzene rings is 3. The van der Waals surface area contributed by atoms with E-state index in [1.807, 2.05) is 6.07 Å². The molecule has 1 aromatic heterocycles. The van der Waals surface area contributed by atoms with Crippen molar-refractivity contribution in [3.8, 4) is 23.3 Å². The van der Waals surface area contributed by atoms with Crippen LogP contribution in [0.15, 0.2) is 59.6 Å². The number of amides is 6. The number of hydrogen-bond donors (Lipinski definition) is 8. The molecule has 1 heterocycles. The van der Waals surface area contributed by atoms with Crippen LogP contribution in [0.2, 0.25) is 0 Å². The summed E-state index contributed by atoms with van der Waals surface area (Å²) in [5.41, 5.74) is 1.55. The molecule has 2 aliphatic rings. The second-order valence-corrected chi connectivity index (χ2v) is 15.3. The molecule has 0 saturated heterocycles. The first-order valence-electron chi connectivity index (χ1n) is 19.8. The van der Waals surface area contributed by atoms with E-state index in [0.29, 0.717) is 33.8 Å². The van der Waals surface area contributed by atoms with Gasteiger partial charge in [0.2, 0.25) is 35.3 Å². The molecule has 1 unspecified atom stereocenters. The van der Waals surface area contributed by atoms with E-state index in [1.54, 1.807) is 36.6 Å². The third-order valence-corrected chi connectivity index (χ3v) is 11.2. The molecule has 20 heteroatoms. The highest BCUT2D eigenvalue weighted by Crippen LogP contribution is 2.47. The number of nitriles is 1. The van der Waals surface area contributed by atoms with Gasteiger partial charge in [-0.1, -0.05) is 24.3 Å². The third-order valence-electron chi connectivity index (χ3n) is 10.5. The van der Waals surface area contributed by atoms with Crippen LogP contribution in [0, 0.1) is 17.2 Å². The second kappa shape index (κ2) is 20.4. The fourth-order valence-electron chi connectivity index (χ4n) is 7.21. The first-order valence-corrected chi connectivity index (χ1v) is 21.0. The maximum absolute atomic E-state index is 13.5. The summed E-state index contributed by atoms with van der Waals surface area (Å²) in [5.74, 6) is -5.79. The van der Waals surface area contributed by atoms with Gasteiger partial charge >= 0.3 is 0 Å². The predicted molar refractivity (Wildman–Crippen MR) is 229 cm³/mol. The summed E-state index contributed by atoms with van der Waals surface area (Å²) in [6.07, 6.45) is 2.10. The van der Waals surface area contributed by atoms with Crippen molar-refractivity contribution in [3.05, 3.63) is 105 Å². The van der Waals surface area contributed by atoms with Crippen molar-refractivity contribution >= 4 is 64.5 Å². The number of ketones is 2.